The van der Waals surface area contributed by atoms with Crippen LogP contribution in [-0.4, -0.2) is 20.7 Å². The molecule has 1 N–H and O–H groups in total. The van der Waals surface area contributed by atoms with Crippen molar-refractivity contribution < 1.29 is 4.79 Å². The van der Waals surface area contributed by atoms with Gasteiger partial charge in [0, 0.05) is 12.3 Å². The van der Waals surface area contributed by atoms with Gasteiger partial charge >= 0.3 is 0 Å². The standard InChI is InChI=1S/C23H23Cl3N4OS/c1-4-11-30-21(20(14(2)3)27-22(31)16-7-5-6-8-17(16)24)28-29-23(30)32-13-15-9-10-18(25)19(26)12-15/h4-10,12,14,20H,1,11,13H2,2-3H3,(H,27,31)/t20-/m1/s1. The third kappa shape index (κ3) is 5.87. The van der Waals surface area contributed by atoms with Gasteiger partial charge in [-0.3, -0.25) is 4.79 Å². The van der Waals surface area contributed by atoms with Gasteiger partial charge in [0.1, 0.15) is 0 Å². The maximum Gasteiger partial charge on any atom is 0.253 e. The normalized spacial score (nSPS) is 12.1. The number of carbonyl (C=O) groups excluding carboxylic acids is 1. The molecule has 1 heterocycles. The fourth-order valence-electron chi connectivity index (χ4n) is 3.11. The Balaban J connectivity index is 1.85. The lowest BCUT2D eigenvalue weighted by Gasteiger charge is -2.23. The summed E-state index contributed by atoms with van der Waals surface area (Å²) in [6.45, 7) is 8.41. The molecule has 0 aliphatic carbocycles. The molecule has 32 heavy (non-hydrogen) atoms. The Morgan fingerprint density at radius 3 is 2.53 bits per heavy atom. The van der Waals surface area contributed by atoms with Gasteiger partial charge in [-0.25, -0.2) is 0 Å². The van der Waals surface area contributed by atoms with Gasteiger partial charge in [-0.1, -0.05) is 84.7 Å². The van der Waals surface area contributed by atoms with E-state index in [4.69, 9.17) is 34.8 Å². The molecule has 0 aliphatic heterocycles. The highest BCUT2D eigenvalue weighted by molar-refractivity contribution is 7.98. The Kier molecular flexibility index (Phi) is 8.65. The highest BCUT2D eigenvalue weighted by Crippen LogP contribution is 2.30. The predicted octanol–water partition coefficient (Wildman–Crippen LogP) is 6.84. The van der Waals surface area contributed by atoms with Crippen LogP contribution in [0.4, 0.5) is 0 Å². The lowest BCUT2D eigenvalue weighted by atomic mass is 10.0. The third-order valence-electron chi connectivity index (χ3n) is 4.76. The van der Waals surface area contributed by atoms with E-state index in [1.165, 1.54) is 11.8 Å². The number of hydrogen-bond acceptors (Lipinski definition) is 4. The summed E-state index contributed by atoms with van der Waals surface area (Å²) in [5, 5.41) is 14.0. The van der Waals surface area contributed by atoms with E-state index in [0.717, 1.165) is 10.7 Å². The van der Waals surface area contributed by atoms with Gasteiger partial charge < -0.3 is 9.88 Å². The van der Waals surface area contributed by atoms with E-state index in [2.05, 4.69) is 22.1 Å². The number of rotatable bonds is 9. The summed E-state index contributed by atoms with van der Waals surface area (Å²) >= 11 is 19.9. The summed E-state index contributed by atoms with van der Waals surface area (Å²) in [7, 11) is 0. The van der Waals surface area contributed by atoms with Crippen LogP contribution in [0.15, 0.2) is 60.3 Å². The van der Waals surface area contributed by atoms with Gasteiger partial charge in [-0.2, -0.15) is 0 Å². The van der Waals surface area contributed by atoms with Crippen molar-refractivity contribution in [2.45, 2.75) is 37.3 Å². The first kappa shape index (κ1) is 24.6. The fraction of sp³-hybridized carbons (Fsp3) is 0.261. The zero-order chi connectivity index (χ0) is 23.3. The summed E-state index contributed by atoms with van der Waals surface area (Å²) in [5.74, 6) is 1.12. The number of halogens is 3. The molecular weight excluding hydrogens is 487 g/mol. The Hall–Kier alpha value is -1.99. The zero-order valence-electron chi connectivity index (χ0n) is 17.7. The van der Waals surface area contributed by atoms with E-state index in [-0.39, 0.29) is 17.9 Å². The van der Waals surface area contributed by atoms with Crippen molar-refractivity contribution in [3.8, 4) is 0 Å². The number of aromatic nitrogens is 3. The van der Waals surface area contributed by atoms with Crippen LogP contribution in [0, 0.1) is 5.92 Å². The van der Waals surface area contributed by atoms with Crippen LogP contribution in [0.25, 0.3) is 0 Å². The minimum atomic E-state index is -0.356. The van der Waals surface area contributed by atoms with Crippen molar-refractivity contribution in [2.24, 2.45) is 5.92 Å². The molecule has 0 fully saturated rings. The van der Waals surface area contributed by atoms with E-state index >= 15 is 0 Å². The quantitative estimate of drug-likeness (QED) is 0.253. The molecule has 1 atom stereocenters. The lowest BCUT2D eigenvalue weighted by Crippen LogP contribution is -2.34. The van der Waals surface area contributed by atoms with Crippen LogP contribution in [0.2, 0.25) is 15.1 Å². The molecule has 3 aromatic rings. The molecule has 2 aromatic carbocycles. The molecule has 9 heteroatoms. The second-order valence-corrected chi connectivity index (χ2v) is 9.62. The number of thioether (sulfide) groups is 1. The van der Waals surface area contributed by atoms with Crippen molar-refractivity contribution in [1.29, 1.82) is 0 Å². The molecule has 0 saturated carbocycles. The molecule has 3 rings (SSSR count). The number of nitrogens with one attached hydrogen (secondary N) is 1. The summed E-state index contributed by atoms with van der Waals surface area (Å²) < 4.78 is 1.97. The van der Waals surface area contributed by atoms with Gasteiger partial charge in [0.15, 0.2) is 11.0 Å². The van der Waals surface area contributed by atoms with Crippen molar-refractivity contribution in [1.82, 2.24) is 20.1 Å². The average Bonchev–Trinajstić information content (AvgIpc) is 3.15. The second-order valence-electron chi connectivity index (χ2n) is 7.45. The van der Waals surface area contributed by atoms with Crippen LogP contribution in [0.5, 0.6) is 0 Å². The van der Waals surface area contributed by atoms with E-state index in [0.29, 0.717) is 38.8 Å². The van der Waals surface area contributed by atoms with Crippen molar-refractivity contribution in [3.05, 3.63) is 87.1 Å². The Bertz CT molecular complexity index is 1120. The molecule has 168 valence electrons. The summed E-state index contributed by atoms with van der Waals surface area (Å²) in [6.07, 6.45) is 1.78. The van der Waals surface area contributed by atoms with Gasteiger partial charge in [-0.15, -0.1) is 16.8 Å². The molecule has 0 spiro atoms. The fourth-order valence-corrected chi connectivity index (χ4v) is 4.55. The summed E-state index contributed by atoms with van der Waals surface area (Å²) in [5.41, 5.74) is 1.44. The molecule has 1 aromatic heterocycles. The van der Waals surface area contributed by atoms with Gasteiger partial charge in [0.2, 0.25) is 0 Å². The Morgan fingerprint density at radius 1 is 1.12 bits per heavy atom. The van der Waals surface area contributed by atoms with E-state index in [1.54, 1.807) is 36.4 Å². The van der Waals surface area contributed by atoms with Crippen LogP contribution in [0.1, 0.15) is 41.6 Å². The maximum atomic E-state index is 12.9. The predicted molar refractivity (Wildman–Crippen MR) is 133 cm³/mol. The Morgan fingerprint density at radius 2 is 1.88 bits per heavy atom. The first-order valence-electron chi connectivity index (χ1n) is 9.98. The van der Waals surface area contributed by atoms with Crippen LogP contribution < -0.4 is 5.32 Å². The molecule has 0 unspecified atom stereocenters. The summed E-state index contributed by atoms with van der Waals surface area (Å²) in [4.78, 5) is 12.9. The first-order chi connectivity index (χ1) is 15.3. The second kappa shape index (κ2) is 11.2. The highest BCUT2D eigenvalue weighted by atomic mass is 35.5. The van der Waals surface area contributed by atoms with E-state index in [9.17, 15) is 4.79 Å². The van der Waals surface area contributed by atoms with Crippen molar-refractivity contribution in [2.75, 3.05) is 0 Å². The number of carbonyl (C=O) groups is 1. The van der Waals surface area contributed by atoms with Crippen molar-refractivity contribution in [3.63, 3.8) is 0 Å². The molecule has 0 radical (unpaired) electrons. The minimum absolute atomic E-state index is 0.0714. The highest BCUT2D eigenvalue weighted by Gasteiger charge is 2.26. The summed E-state index contributed by atoms with van der Waals surface area (Å²) in [6, 6.07) is 12.1. The number of allylic oxidation sites excluding steroid dienone is 1. The molecule has 5 nitrogen and oxygen atoms in total. The number of nitrogens with zero attached hydrogens (tertiary/aromatic N) is 3. The maximum absolute atomic E-state index is 12.9. The zero-order valence-corrected chi connectivity index (χ0v) is 20.8. The largest absolute Gasteiger partial charge is 0.342 e. The topological polar surface area (TPSA) is 59.8 Å². The molecule has 1 amide bonds. The van der Waals surface area contributed by atoms with Gasteiger partial charge in [0.25, 0.3) is 5.91 Å². The molecular formula is C23H23Cl3N4OS. The number of benzene rings is 2. The van der Waals surface area contributed by atoms with Gasteiger partial charge in [-0.05, 0) is 35.7 Å². The SMILES string of the molecule is C=CCn1c(SCc2ccc(Cl)c(Cl)c2)nnc1[C@H](NC(=O)c1ccccc1Cl)C(C)C. The lowest BCUT2D eigenvalue weighted by molar-refractivity contribution is 0.0922. The monoisotopic (exact) mass is 508 g/mol. The van der Waals surface area contributed by atoms with Crippen LogP contribution >= 0.6 is 46.6 Å². The number of amides is 1. The average molecular weight is 510 g/mol. The van der Waals surface area contributed by atoms with E-state index < -0.39 is 0 Å². The van der Waals surface area contributed by atoms with Gasteiger partial charge in [0.05, 0.1) is 26.7 Å². The van der Waals surface area contributed by atoms with E-state index in [1.807, 2.05) is 30.5 Å². The van der Waals surface area contributed by atoms with Crippen LogP contribution in [-0.2, 0) is 12.3 Å². The van der Waals surface area contributed by atoms with Crippen molar-refractivity contribution >= 4 is 52.5 Å². The minimum Gasteiger partial charge on any atom is -0.342 e. The molecule has 0 bridgehead atoms. The number of hydrogen-bond donors (Lipinski definition) is 1. The third-order valence-corrected chi connectivity index (χ3v) is 6.87. The first-order valence-corrected chi connectivity index (χ1v) is 12.1. The Labute approximate surface area is 207 Å². The smallest absolute Gasteiger partial charge is 0.253 e. The van der Waals surface area contributed by atoms with Crippen LogP contribution in [0.3, 0.4) is 0 Å². The molecule has 0 saturated heterocycles. The molecule has 0 aliphatic rings.